The molecule has 0 amide bonds. The molecule has 0 atom stereocenters. The lowest BCUT2D eigenvalue weighted by Crippen LogP contribution is -2.26. The van der Waals surface area contributed by atoms with Gasteiger partial charge in [0.1, 0.15) is 11.5 Å². The molecule has 15 heavy (non-hydrogen) atoms. The van der Waals surface area contributed by atoms with E-state index in [1.807, 2.05) is 36.6 Å². The molecular formula is C11H11BO2S. The van der Waals surface area contributed by atoms with Gasteiger partial charge < -0.3 is 9.31 Å². The van der Waals surface area contributed by atoms with Gasteiger partial charge >= 0.3 is 7.12 Å². The smallest absolute Gasteiger partial charge is 0.519 e. The maximum absolute atomic E-state index is 5.65. The molecule has 1 aliphatic heterocycles. The van der Waals surface area contributed by atoms with E-state index in [1.54, 1.807) is 17.8 Å². The van der Waals surface area contributed by atoms with E-state index in [4.69, 9.17) is 9.31 Å². The van der Waals surface area contributed by atoms with E-state index in [9.17, 15) is 0 Å². The van der Waals surface area contributed by atoms with Crippen molar-refractivity contribution in [3.63, 3.8) is 0 Å². The second kappa shape index (κ2) is 4.49. The Bertz CT molecular complexity index is 378. The maximum Gasteiger partial charge on any atom is 0.639 e. The number of para-hydroxylation sites is 2. The highest BCUT2D eigenvalue weighted by atomic mass is 32.2. The van der Waals surface area contributed by atoms with E-state index in [1.165, 1.54) is 0 Å². The Morgan fingerprint density at radius 1 is 1.33 bits per heavy atom. The van der Waals surface area contributed by atoms with Crippen LogP contribution in [0.2, 0.25) is 0 Å². The molecule has 0 aromatic heterocycles. The molecular weight excluding hydrogens is 207 g/mol. The summed E-state index contributed by atoms with van der Waals surface area (Å²) in [7, 11) is -0.324. The minimum Gasteiger partial charge on any atom is -0.519 e. The summed E-state index contributed by atoms with van der Waals surface area (Å²) >= 11 is 1.60. The number of allylic oxidation sites excluding steroid dienone is 2. The molecule has 0 spiro atoms. The monoisotopic (exact) mass is 218 g/mol. The van der Waals surface area contributed by atoms with Crippen molar-refractivity contribution in [2.24, 2.45) is 0 Å². The summed E-state index contributed by atoms with van der Waals surface area (Å²) in [5.74, 6) is 1.60. The molecule has 0 bridgehead atoms. The fraction of sp³-hybridized carbons (Fsp3) is 0.0909. The van der Waals surface area contributed by atoms with Crippen molar-refractivity contribution >= 4 is 18.9 Å². The van der Waals surface area contributed by atoms with Crippen molar-refractivity contribution in [3.8, 4) is 11.5 Å². The molecule has 2 rings (SSSR count). The molecule has 0 saturated heterocycles. The fourth-order valence-electron chi connectivity index (χ4n) is 1.37. The van der Waals surface area contributed by atoms with Crippen LogP contribution in [0.5, 0.6) is 11.5 Å². The minimum absolute atomic E-state index is 0.324. The number of thioether (sulfide) groups is 1. The zero-order chi connectivity index (χ0) is 10.7. The van der Waals surface area contributed by atoms with E-state index in [-0.39, 0.29) is 7.12 Å². The molecule has 1 heterocycles. The van der Waals surface area contributed by atoms with E-state index >= 15 is 0 Å². The van der Waals surface area contributed by atoms with Gasteiger partial charge in [-0.1, -0.05) is 30.9 Å². The quantitative estimate of drug-likeness (QED) is 0.574. The Kier molecular flexibility index (Phi) is 3.06. The minimum atomic E-state index is -0.324. The Morgan fingerprint density at radius 3 is 2.40 bits per heavy atom. The standard InChI is InChI=1S/C11H11BO2S/c1-3-6-11(15-2)12-13-9-7-4-5-8-10(9)14-12/h3-8H,1H2,2H3/b11-6-. The molecule has 1 aliphatic rings. The molecule has 0 aliphatic carbocycles. The third-order valence-electron chi connectivity index (χ3n) is 2.07. The highest BCUT2D eigenvalue weighted by molar-refractivity contribution is 8.04. The van der Waals surface area contributed by atoms with Gasteiger partial charge in [-0.05, 0) is 18.4 Å². The van der Waals surface area contributed by atoms with Crippen LogP contribution in [0, 0.1) is 0 Å². The highest BCUT2D eigenvalue weighted by Gasteiger charge is 2.35. The Hall–Kier alpha value is -1.29. The van der Waals surface area contributed by atoms with Crippen LogP contribution in [0.3, 0.4) is 0 Å². The summed E-state index contributed by atoms with van der Waals surface area (Å²) in [5.41, 5.74) is 0. The van der Waals surface area contributed by atoms with E-state index < -0.39 is 0 Å². The lowest BCUT2D eigenvalue weighted by molar-refractivity contribution is 0.515. The molecule has 0 radical (unpaired) electrons. The molecule has 1 aromatic rings. The summed E-state index contributed by atoms with van der Waals surface area (Å²) in [6.45, 7) is 3.67. The van der Waals surface area contributed by atoms with Gasteiger partial charge in [-0.3, -0.25) is 0 Å². The predicted molar refractivity (Wildman–Crippen MR) is 65.2 cm³/mol. The zero-order valence-corrected chi connectivity index (χ0v) is 9.29. The lowest BCUT2D eigenvalue weighted by atomic mass is 9.89. The van der Waals surface area contributed by atoms with Crippen molar-refractivity contribution in [2.75, 3.05) is 6.26 Å². The summed E-state index contributed by atoms with van der Waals surface area (Å²) in [6, 6.07) is 7.67. The Morgan fingerprint density at radius 2 is 1.93 bits per heavy atom. The van der Waals surface area contributed by atoms with Crippen LogP contribution in [0.1, 0.15) is 0 Å². The number of rotatable bonds is 3. The number of hydrogen-bond acceptors (Lipinski definition) is 3. The van der Waals surface area contributed by atoms with Crippen molar-refractivity contribution in [3.05, 3.63) is 47.8 Å². The second-order valence-electron chi connectivity index (χ2n) is 3.02. The van der Waals surface area contributed by atoms with Crippen LogP contribution in [-0.4, -0.2) is 13.4 Å². The predicted octanol–water partition coefficient (Wildman–Crippen LogP) is 2.92. The van der Waals surface area contributed by atoms with E-state index in [0.717, 1.165) is 16.3 Å². The molecule has 0 fully saturated rings. The Balaban J connectivity index is 2.19. The molecule has 0 N–H and O–H groups in total. The largest absolute Gasteiger partial charge is 0.639 e. The van der Waals surface area contributed by atoms with Crippen molar-refractivity contribution in [1.29, 1.82) is 0 Å². The average molecular weight is 218 g/mol. The first-order chi connectivity index (χ1) is 7.35. The van der Waals surface area contributed by atoms with Gasteiger partial charge in [0.05, 0.1) is 0 Å². The summed E-state index contributed by atoms with van der Waals surface area (Å²) in [4.78, 5) is 1.02. The van der Waals surface area contributed by atoms with Gasteiger partial charge in [0.2, 0.25) is 0 Å². The second-order valence-corrected chi connectivity index (χ2v) is 3.90. The number of fused-ring (bicyclic) bond motifs is 1. The van der Waals surface area contributed by atoms with E-state index in [2.05, 4.69) is 6.58 Å². The third-order valence-corrected chi connectivity index (χ3v) is 2.87. The van der Waals surface area contributed by atoms with Crippen LogP contribution in [0.15, 0.2) is 47.8 Å². The van der Waals surface area contributed by atoms with Gasteiger partial charge in [-0.15, -0.1) is 11.8 Å². The van der Waals surface area contributed by atoms with Gasteiger partial charge in [-0.2, -0.15) is 0 Å². The molecule has 2 nitrogen and oxygen atoms in total. The van der Waals surface area contributed by atoms with Crippen LogP contribution in [-0.2, 0) is 0 Å². The fourth-order valence-corrected chi connectivity index (χ4v) is 1.90. The first-order valence-electron chi connectivity index (χ1n) is 4.64. The SMILES string of the molecule is C=C/C=C(\SC)B1Oc2ccccc2O1. The van der Waals surface area contributed by atoms with Crippen LogP contribution >= 0.6 is 11.8 Å². The molecule has 0 saturated carbocycles. The summed E-state index contributed by atoms with van der Waals surface area (Å²) in [6.07, 6.45) is 5.63. The van der Waals surface area contributed by atoms with E-state index in [0.29, 0.717) is 0 Å². The van der Waals surface area contributed by atoms with Gasteiger partial charge in [0.15, 0.2) is 0 Å². The van der Waals surface area contributed by atoms with Gasteiger partial charge in [0, 0.05) is 4.80 Å². The van der Waals surface area contributed by atoms with Crippen molar-refractivity contribution < 1.29 is 9.31 Å². The van der Waals surface area contributed by atoms with Crippen LogP contribution in [0.4, 0.5) is 0 Å². The maximum atomic E-state index is 5.65. The number of benzene rings is 1. The summed E-state index contributed by atoms with van der Waals surface area (Å²) in [5, 5.41) is 0. The topological polar surface area (TPSA) is 18.5 Å². The number of hydrogen-bond donors (Lipinski definition) is 0. The lowest BCUT2D eigenvalue weighted by Gasteiger charge is -2.05. The molecule has 1 aromatic carbocycles. The first-order valence-corrected chi connectivity index (χ1v) is 5.86. The van der Waals surface area contributed by atoms with Gasteiger partial charge in [-0.25, -0.2) is 0 Å². The van der Waals surface area contributed by atoms with Gasteiger partial charge in [0.25, 0.3) is 0 Å². The van der Waals surface area contributed by atoms with Crippen LogP contribution in [0.25, 0.3) is 0 Å². The van der Waals surface area contributed by atoms with Crippen LogP contribution < -0.4 is 9.31 Å². The van der Waals surface area contributed by atoms with Crippen molar-refractivity contribution in [1.82, 2.24) is 0 Å². The summed E-state index contributed by atoms with van der Waals surface area (Å²) < 4.78 is 11.3. The third kappa shape index (κ3) is 2.05. The molecule has 76 valence electrons. The zero-order valence-electron chi connectivity index (χ0n) is 8.47. The first kappa shape index (κ1) is 10.2. The normalized spacial score (nSPS) is 14.2. The van der Waals surface area contributed by atoms with Crippen molar-refractivity contribution in [2.45, 2.75) is 0 Å². The molecule has 4 heteroatoms. The highest BCUT2D eigenvalue weighted by Crippen LogP contribution is 2.35. The average Bonchev–Trinajstić information content (AvgIpc) is 2.69. The Labute approximate surface area is 94.1 Å². The molecule has 0 unspecified atom stereocenters.